The van der Waals surface area contributed by atoms with Crippen LogP contribution in [0.25, 0.3) is 0 Å². The summed E-state index contributed by atoms with van der Waals surface area (Å²) < 4.78 is 2.81. The number of hydrogen-bond acceptors (Lipinski definition) is 2. The van der Waals surface area contributed by atoms with Gasteiger partial charge in [0.05, 0.1) is 13.4 Å². The first kappa shape index (κ1) is 10.4. The fourth-order valence-corrected chi connectivity index (χ4v) is 0.480. The Bertz CT molecular complexity index is 119. The number of aliphatic hydroxyl groups excluding tert-OH is 1. The van der Waals surface area contributed by atoms with Gasteiger partial charge in [-0.25, -0.2) is 0 Å². The van der Waals surface area contributed by atoms with Crippen LogP contribution in [0.1, 0.15) is 0 Å². The molecule has 0 aliphatic carbocycles. The second-order valence-corrected chi connectivity index (χ2v) is 3.92. The topological polar surface area (TPSA) is 29.5 Å². The van der Waals surface area contributed by atoms with Crippen LogP contribution in [0.2, 0.25) is 0 Å². The molecular weight excluding hydrogens is 198 g/mol. The molecule has 5 heteroatoms. The van der Waals surface area contributed by atoms with Gasteiger partial charge in [0.1, 0.15) is 6.10 Å². The van der Waals surface area contributed by atoms with Crippen LogP contribution in [-0.4, -0.2) is 22.1 Å². The first-order chi connectivity index (χ1) is 4.48. The SMILES string of the molecule is CO/C=C\C(O)C(Cl)(Cl)Cl. The Balaban J connectivity index is 3.84. The molecule has 0 bridgehead atoms. The third-order valence-electron chi connectivity index (χ3n) is 0.732. The Kier molecular flexibility index (Phi) is 4.45. The fraction of sp³-hybridized carbons (Fsp3) is 0.600. The minimum atomic E-state index is -1.69. The number of ether oxygens (including phenoxy) is 1. The molecule has 0 saturated carbocycles. The Morgan fingerprint density at radius 2 is 2.00 bits per heavy atom. The molecule has 0 rings (SSSR count). The van der Waals surface area contributed by atoms with E-state index in [0.717, 1.165) is 0 Å². The van der Waals surface area contributed by atoms with Gasteiger partial charge >= 0.3 is 0 Å². The van der Waals surface area contributed by atoms with Gasteiger partial charge in [-0.1, -0.05) is 34.8 Å². The summed E-state index contributed by atoms with van der Waals surface area (Å²) in [6.07, 6.45) is 1.34. The molecule has 0 aliphatic rings. The number of alkyl halides is 3. The van der Waals surface area contributed by atoms with E-state index in [1.54, 1.807) is 0 Å². The van der Waals surface area contributed by atoms with Gasteiger partial charge in [-0.2, -0.15) is 0 Å². The maximum Gasteiger partial charge on any atom is 0.219 e. The van der Waals surface area contributed by atoms with Crippen molar-refractivity contribution in [1.82, 2.24) is 0 Å². The van der Waals surface area contributed by atoms with Crippen LogP contribution in [0.4, 0.5) is 0 Å². The van der Waals surface area contributed by atoms with Crippen molar-refractivity contribution in [2.75, 3.05) is 7.11 Å². The first-order valence-electron chi connectivity index (χ1n) is 2.42. The van der Waals surface area contributed by atoms with Crippen molar-refractivity contribution in [3.8, 4) is 0 Å². The Morgan fingerprint density at radius 3 is 2.30 bits per heavy atom. The largest absolute Gasteiger partial charge is 0.505 e. The molecular formula is C5H7Cl3O2. The zero-order valence-electron chi connectivity index (χ0n) is 5.22. The summed E-state index contributed by atoms with van der Waals surface area (Å²) in [6, 6.07) is 0. The molecule has 0 radical (unpaired) electrons. The summed E-state index contributed by atoms with van der Waals surface area (Å²) in [5.74, 6) is 0. The summed E-state index contributed by atoms with van der Waals surface area (Å²) >= 11 is 15.9. The van der Waals surface area contributed by atoms with E-state index >= 15 is 0 Å². The summed E-state index contributed by atoms with van der Waals surface area (Å²) in [5, 5.41) is 8.95. The predicted octanol–water partition coefficient (Wildman–Crippen LogP) is 1.88. The molecule has 1 N–H and O–H groups in total. The molecule has 1 atom stereocenters. The maximum atomic E-state index is 8.95. The van der Waals surface area contributed by atoms with Gasteiger partial charge in [-0.05, 0) is 6.08 Å². The number of halogens is 3. The van der Waals surface area contributed by atoms with E-state index in [1.807, 2.05) is 0 Å². The molecule has 0 aromatic rings. The number of methoxy groups -OCH3 is 1. The van der Waals surface area contributed by atoms with Gasteiger partial charge in [-0.15, -0.1) is 0 Å². The molecule has 0 fully saturated rings. The van der Waals surface area contributed by atoms with E-state index in [0.29, 0.717) is 0 Å². The lowest BCUT2D eigenvalue weighted by Crippen LogP contribution is -2.22. The molecule has 0 amide bonds. The highest BCUT2D eigenvalue weighted by Crippen LogP contribution is 2.30. The normalized spacial score (nSPS) is 15.7. The Hall–Kier alpha value is 0.370. The molecule has 0 spiro atoms. The van der Waals surface area contributed by atoms with Gasteiger partial charge in [0.2, 0.25) is 3.79 Å². The summed E-state index contributed by atoms with van der Waals surface area (Å²) in [5.41, 5.74) is 0. The van der Waals surface area contributed by atoms with Gasteiger partial charge < -0.3 is 9.84 Å². The zero-order chi connectivity index (χ0) is 8.20. The fourth-order valence-electron chi connectivity index (χ4n) is 0.262. The summed E-state index contributed by atoms with van der Waals surface area (Å²) in [7, 11) is 1.43. The molecule has 60 valence electrons. The highest BCUT2D eigenvalue weighted by molar-refractivity contribution is 6.68. The maximum absolute atomic E-state index is 8.95. The van der Waals surface area contributed by atoms with Crippen LogP contribution in [0, 0.1) is 0 Å². The van der Waals surface area contributed by atoms with Crippen molar-refractivity contribution in [3.05, 3.63) is 12.3 Å². The molecule has 0 aromatic carbocycles. The number of rotatable bonds is 2. The van der Waals surface area contributed by atoms with E-state index in [1.165, 1.54) is 19.4 Å². The number of hydrogen-bond donors (Lipinski definition) is 1. The minimum Gasteiger partial charge on any atom is -0.505 e. The van der Waals surface area contributed by atoms with Crippen LogP contribution in [-0.2, 0) is 4.74 Å². The van der Waals surface area contributed by atoms with E-state index in [9.17, 15) is 0 Å². The molecule has 0 aliphatic heterocycles. The van der Waals surface area contributed by atoms with E-state index in [-0.39, 0.29) is 0 Å². The minimum absolute atomic E-state index is 1.14. The predicted molar refractivity (Wildman–Crippen MR) is 42.4 cm³/mol. The summed E-state index contributed by atoms with van der Waals surface area (Å²) in [6.45, 7) is 0. The smallest absolute Gasteiger partial charge is 0.219 e. The lowest BCUT2D eigenvalue weighted by atomic mass is 10.4. The highest BCUT2D eigenvalue weighted by Gasteiger charge is 2.28. The van der Waals surface area contributed by atoms with Crippen molar-refractivity contribution < 1.29 is 9.84 Å². The van der Waals surface area contributed by atoms with E-state index < -0.39 is 9.90 Å². The molecule has 0 aromatic heterocycles. The van der Waals surface area contributed by atoms with E-state index in [2.05, 4.69) is 4.74 Å². The van der Waals surface area contributed by atoms with Crippen molar-refractivity contribution in [2.45, 2.75) is 9.90 Å². The van der Waals surface area contributed by atoms with Crippen molar-refractivity contribution in [3.63, 3.8) is 0 Å². The Morgan fingerprint density at radius 1 is 1.50 bits per heavy atom. The Labute approximate surface area is 74.3 Å². The standard InChI is InChI=1S/C5H7Cl3O2/c1-10-3-2-4(9)5(6,7)8/h2-4,9H,1H3/b3-2-. The second-order valence-electron chi connectivity index (χ2n) is 1.55. The van der Waals surface area contributed by atoms with Crippen LogP contribution < -0.4 is 0 Å². The van der Waals surface area contributed by atoms with Crippen LogP contribution >= 0.6 is 34.8 Å². The van der Waals surface area contributed by atoms with Crippen LogP contribution in [0.3, 0.4) is 0 Å². The lowest BCUT2D eigenvalue weighted by Gasteiger charge is -2.13. The molecule has 1 unspecified atom stereocenters. The van der Waals surface area contributed by atoms with Crippen LogP contribution in [0.15, 0.2) is 12.3 Å². The first-order valence-corrected chi connectivity index (χ1v) is 3.56. The quantitative estimate of drug-likeness (QED) is 0.551. The van der Waals surface area contributed by atoms with Gasteiger partial charge in [-0.3, -0.25) is 0 Å². The lowest BCUT2D eigenvalue weighted by molar-refractivity contribution is 0.221. The molecule has 0 saturated heterocycles. The highest BCUT2D eigenvalue weighted by atomic mass is 35.6. The zero-order valence-corrected chi connectivity index (χ0v) is 7.49. The van der Waals surface area contributed by atoms with Gasteiger partial charge in [0.25, 0.3) is 0 Å². The van der Waals surface area contributed by atoms with Crippen molar-refractivity contribution in [1.29, 1.82) is 0 Å². The molecule has 10 heavy (non-hydrogen) atoms. The van der Waals surface area contributed by atoms with Crippen molar-refractivity contribution in [2.24, 2.45) is 0 Å². The average Bonchev–Trinajstić information content (AvgIpc) is 1.80. The third-order valence-corrected chi connectivity index (χ3v) is 1.40. The number of aliphatic hydroxyl groups is 1. The summed E-state index contributed by atoms with van der Waals surface area (Å²) in [4.78, 5) is 0. The average molecular weight is 205 g/mol. The monoisotopic (exact) mass is 204 g/mol. The van der Waals surface area contributed by atoms with Gasteiger partial charge in [0, 0.05) is 0 Å². The third kappa shape index (κ3) is 4.23. The van der Waals surface area contributed by atoms with Crippen LogP contribution in [0.5, 0.6) is 0 Å². The van der Waals surface area contributed by atoms with E-state index in [4.69, 9.17) is 39.9 Å². The van der Waals surface area contributed by atoms with Gasteiger partial charge in [0.15, 0.2) is 0 Å². The second kappa shape index (κ2) is 4.29. The van der Waals surface area contributed by atoms with Crippen molar-refractivity contribution >= 4 is 34.8 Å². The molecule has 2 nitrogen and oxygen atoms in total. The molecule has 0 heterocycles.